The van der Waals surface area contributed by atoms with E-state index < -0.39 is 0 Å². The van der Waals surface area contributed by atoms with Gasteiger partial charge < -0.3 is 25.0 Å². The quantitative estimate of drug-likeness (QED) is 0.184. The third-order valence-corrected chi connectivity index (χ3v) is 4.32. The van der Waals surface area contributed by atoms with E-state index in [-0.39, 0.29) is 30.1 Å². The molecule has 0 aromatic rings. The molecule has 8 heteroatoms. The largest absolute Gasteiger partial charge is 0.385 e. The lowest BCUT2D eigenvalue weighted by Crippen LogP contribution is -2.46. The van der Waals surface area contributed by atoms with Crippen molar-refractivity contribution in [2.45, 2.75) is 33.3 Å². The zero-order chi connectivity index (χ0) is 19.2. The summed E-state index contributed by atoms with van der Waals surface area (Å²) in [5, 5.41) is 6.74. The van der Waals surface area contributed by atoms with Gasteiger partial charge in [0.25, 0.3) is 0 Å². The molecule has 2 N–H and O–H groups in total. The molecule has 1 fully saturated rings. The second-order valence-corrected chi connectivity index (χ2v) is 7.44. The van der Waals surface area contributed by atoms with Gasteiger partial charge in [-0.1, -0.05) is 13.8 Å². The first-order valence-electron chi connectivity index (χ1n) is 10.1. The van der Waals surface area contributed by atoms with Crippen molar-refractivity contribution in [2.75, 3.05) is 79.7 Å². The topological polar surface area (TPSA) is 61.4 Å². The lowest BCUT2D eigenvalue weighted by Gasteiger charge is -2.33. The fourth-order valence-corrected chi connectivity index (χ4v) is 3.06. The predicted molar refractivity (Wildman–Crippen MR) is 124 cm³/mol. The van der Waals surface area contributed by atoms with Gasteiger partial charge in [-0.05, 0) is 26.3 Å². The lowest BCUT2D eigenvalue weighted by atomic mass is 10.2. The molecule has 1 unspecified atom stereocenters. The molecule has 1 rings (SSSR count). The average Bonchev–Trinajstić information content (AvgIpc) is 2.59. The van der Waals surface area contributed by atoms with E-state index in [9.17, 15) is 0 Å². The van der Waals surface area contributed by atoms with E-state index in [1.54, 1.807) is 7.11 Å². The van der Waals surface area contributed by atoms with Crippen LogP contribution in [0.25, 0.3) is 0 Å². The normalized spacial score (nSPS) is 18.6. The molecule has 0 aliphatic carbocycles. The first-order valence-corrected chi connectivity index (χ1v) is 10.1. The van der Waals surface area contributed by atoms with Crippen molar-refractivity contribution in [3.05, 3.63) is 0 Å². The van der Waals surface area contributed by atoms with Crippen molar-refractivity contribution < 1.29 is 9.47 Å². The Balaban J connectivity index is 0.00000676. The van der Waals surface area contributed by atoms with Gasteiger partial charge in [0.2, 0.25) is 0 Å². The summed E-state index contributed by atoms with van der Waals surface area (Å²) >= 11 is 0. The standard InChI is InChI=1S/C19H41N5O2.HI/c1-6-20-19(21-8-10-23(4)9-7-12-25-5)22-14-18-16-24(11-13-26-18)15-17(2)3;/h17-18H,6-16H2,1-5H3,(H2,20,21,22);1H. The molecule has 27 heavy (non-hydrogen) atoms. The van der Waals surface area contributed by atoms with Crippen LogP contribution >= 0.6 is 24.0 Å². The summed E-state index contributed by atoms with van der Waals surface area (Å²) in [7, 11) is 3.89. The van der Waals surface area contributed by atoms with Crippen molar-refractivity contribution in [1.82, 2.24) is 20.4 Å². The second kappa shape index (κ2) is 16.8. The number of morpholine rings is 1. The van der Waals surface area contributed by atoms with E-state index in [0.717, 1.165) is 71.4 Å². The fraction of sp³-hybridized carbons (Fsp3) is 0.947. The summed E-state index contributed by atoms with van der Waals surface area (Å²) in [6.07, 6.45) is 1.25. The number of nitrogens with zero attached hydrogens (tertiary/aromatic N) is 3. The van der Waals surface area contributed by atoms with Crippen LogP contribution in [-0.4, -0.2) is 102 Å². The number of aliphatic imine (C=N–C) groups is 1. The van der Waals surface area contributed by atoms with E-state index >= 15 is 0 Å². The minimum absolute atomic E-state index is 0. The van der Waals surface area contributed by atoms with E-state index in [1.165, 1.54) is 0 Å². The first-order chi connectivity index (χ1) is 12.5. The Kier molecular flexibility index (Phi) is 16.7. The van der Waals surface area contributed by atoms with Gasteiger partial charge in [0, 0.05) is 59.5 Å². The maximum absolute atomic E-state index is 5.89. The second-order valence-electron chi connectivity index (χ2n) is 7.44. The van der Waals surface area contributed by atoms with E-state index in [1.807, 2.05) is 0 Å². The van der Waals surface area contributed by atoms with Crippen molar-refractivity contribution >= 4 is 29.9 Å². The molecule has 0 aromatic heterocycles. The Morgan fingerprint density at radius 3 is 2.78 bits per heavy atom. The maximum Gasteiger partial charge on any atom is 0.191 e. The zero-order valence-corrected chi connectivity index (χ0v) is 20.3. The van der Waals surface area contributed by atoms with Gasteiger partial charge in [-0.15, -0.1) is 24.0 Å². The van der Waals surface area contributed by atoms with Crippen LogP contribution in [0.5, 0.6) is 0 Å². The highest BCUT2D eigenvalue weighted by Crippen LogP contribution is 2.08. The number of hydrogen-bond donors (Lipinski definition) is 2. The number of likely N-dealkylation sites (N-methyl/N-ethyl adjacent to an activating group) is 1. The Labute approximate surface area is 183 Å². The van der Waals surface area contributed by atoms with Gasteiger partial charge in [-0.3, -0.25) is 9.89 Å². The van der Waals surface area contributed by atoms with Gasteiger partial charge in [0.1, 0.15) is 0 Å². The van der Waals surface area contributed by atoms with E-state index in [0.29, 0.717) is 12.5 Å². The monoisotopic (exact) mass is 499 g/mol. The SMILES string of the molecule is CCNC(=NCC1CN(CC(C)C)CCO1)NCCN(C)CCCOC.I. The van der Waals surface area contributed by atoms with Crippen molar-refractivity contribution in [3.63, 3.8) is 0 Å². The van der Waals surface area contributed by atoms with E-state index in [4.69, 9.17) is 14.5 Å². The predicted octanol–water partition coefficient (Wildman–Crippen LogP) is 1.48. The van der Waals surface area contributed by atoms with Crippen LogP contribution < -0.4 is 10.6 Å². The summed E-state index contributed by atoms with van der Waals surface area (Å²) in [5.74, 6) is 1.57. The van der Waals surface area contributed by atoms with Crippen molar-refractivity contribution in [2.24, 2.45) is 10.9 Å². The van der Waals surface area contributed by atoms with E-state index in [2.05, 4.69) is 48.3 Å². The van der Waals surface area contributed by atoms with Gasteiger partial charge in [-0.2, -0.15) is 0 Å². The van der Waals surface area contributed by atoms with Crippen LogP contribution in [0, 0.1) is 5.92 Å². The summed E-state index contributed by atoms with van der Waals surface area (Å²) < 4.78 is 11.0. The number of hydrogen-bond acceptors (Lipinski definition) is 5. The Hall–Kier alpha value is -0.160. The summed E-state index contributed by atoms with van der Waals surface area (Å²) in [6.45, 7) is 15.9. The van der Waals surface area contributed by atoms with Crippen LogP contribution in [0.3, 0.4) is 0 Å². The molecule has 0 spiro atoms. The molecule has 0 aromatic carbocycles. The average molecular weight is 499 g/mol. The maximum atomic E-state index is 5.89. The molecule has 0 bridgehead atoms. The number of nitrogens with one attached hydrogen (secondary N) is 2. The van der Waals surface area contributed by atoms with Crippen LogP contribution in [0.1, 0.15) is 27.2 Å². The Morgan fingerprint density at radius 1 is 1.33 bits per heavy atom. The highest BCUT2D eigenvalue weighted by molar-refractivity contribution is 14.0. The molecule has 162 valence electrons. The number of guanidine groups is 1. The van der Waals surface area contributed by atoms with Crippen LogP contribution in [-0.2, 0) is 9.47 Å². The molecular formula is C19H42IN5O2. The highest BCUT2D eigenvalue weighted by atomic mass is 127. The third-order valence-electron chi connectivity index (χ3n) is 4.32. The molecule has 1 saturated heterocycles. The number of ether oxygens (including phenoxy) is 2. The molecule has 1 aliphatic rings. The molecule has 1 heterocycles. The molecule has 1 aliphatic heterocycles. The Bertz CT molecular complexity index is 385. The highest BCUT2D eigenvalue weighted by Gasteiger charge is 2.20. The van der Waals surface area contributed by atoms with Crippen LogP contribution in [0.15, 0.2) is 4.99 Å². The summed E-state index contributed by atoms with van der Waals surface area (Å²) in [5.41, 5.74) is 0. The number of methoxy groups -OCH3 is 1. The van der Waals surface area contributed by atoms with Gasteiger partial charge in [0.05, 0.1) is 19.3 Å². The zero-order valence-electron chi connectivity index (χ0n) is 18.0. The summed E-state index contributed by atoms with van der Waals surface area (Å²) in [4.78, 5) is 9.53. The van der Waals surface area contributed by atoms with Crippen molar-refractivity contribution in [1.29, 1.82) is 0 Å². The minimum Gasteiger partial charge on any atom is -0.385 e. The molecule has 7 nitrogen and oxygen atoms in total. The van der Waals surface area contributed by atoms with Gasteiger partial charge in [0.15, 0.2) is 5.96 Å². The third kappa shape index (κ3) is 13.6. The molecular weight excluding hydrogens is 457 g/mol. The first kappa shape index (κ1) is 26.8. The van der Waals surface area contributed by atoms with Crippen LogP contribution in [0.2, 0.25) is 0 Å². The molecule has 0 radical (unpaired) electrons. The lowest BCUT2D eigenvalue weighted by molar-refractivity contribution is -0.0261. The Morgan fingerprint density at radius 2 is 2.11 bits per heavy atom. The number of rotatable bonds is 12. The molecule has 0 saturated carbocycles. The number of halogens is 1. The minimum atomic E-state index is 0. The van der Waals surface area contributed by atoms with Crippen molar-refractivity contribution in [3.8, 4) is 0 Å². The smallest absolute Gasteiger partial charge is 0.191 e. The van der Waals surface area contributed by atoms with Gasteiger partial charge in [-0.25, -0.2) is 0 Å². The van der Waals surface area contributed by atoms with Crippen LogP contribution in [0.4, 0.5) is 0 Å². The van der Waals surface area contributed by atoms with Gasteiger partial charge >= 0.3 is 0 Å². The molecule has 0 amide bonds. The fourth-order valence-electron chi connectivity index (χ4n) is 3.06. The summed E-state index contributed by atoms with van der Waals surface area (Å²) in [6, 6.07) is 0. The molecule has 1 atom stereocenters.